The molecule has 8 nitrogen and oxygen atoms in total. The van der Waals surface area contributed by atoms with Gasteiger partial charge in [-0.25, -0.2) is 14.5 Å². The predicted molar refractivity (Wildman–Crippen MR) is 127 cm³/mol. The molecule has 0 bridgehead atoms. The molecule has 0 spiro atoms. The first-order valence-electron chi connectivity index (χ1n) is 11.3. The zero-order valence-electron chi connectivity index (χ0n) is 19.6. The van der Waals surface area contributed by atoms with E-state index in [0.717, 1.165) is 11.3 Å². The largest absolute Gasteiger partial charge is 0.468 e. The smallest absolute Gasteiger partial charge is 0.228 e. The van der Waals surface area contributed by atoms with E-state index in [0.29, 0.717) is 52.8 Å². The molecule has 3 aromatic heterocycles. The van der Waals surface area contributed by atoms with E-state index in [4.69, 9.17) is 14.1 Å². The summed E-state index contributed by atoms with van der Waals surface area (Å²) in [6, 6.07) is 11.8. The second kappa shape index (κ2) is 7.28. The number of ether oxygens (including phenoxy) is 1. The fourth-order valence-electron chi connectivity index (χ4n) is 4.92. The maximum atomic E-state index is 13.4. The Hall–Kier alpha value is -3.94. The maximum absolute atomic E-state index is 13.4. The molecule has 4 aromatic rings. The van der Waals surface area contributed by atoms with Crippen LogP contribution >= 0.6 is 0 Å². The van der Waals surface area contributed by atoms with Gasteiger partial charge in [0, 0.05) is 43.8 Å². The average molecular weight is 456 g/mol. The van der Waals surface area contributed by atoms with Crippen molar-refractivity contribution < 1.29 is 13.9 Å². The Morgan fingerprint density at radius 2 is 1.91 bits per heavy atom. The van der Waals surface area contributed by atoms with Gasteiger partial charge >= 0.3 is 0 Å². The van der Waals surface area contributed by atoms with Crippen molar-refractivity contribution in [2.24, 2.45) is 5.41 Å². The van der Waals surface area contributed by atoms with Gasteiger partial charge in [0.15, 0.2) is 17.3 Å². The average Bonchev–Trinajstić information content (AvgIpc) is 3.47. The van der Waals surface area contributed by atoms with Gasteiger partial charge in [-0.1, -0.05) is 13.8 Å². The number of nitrogens with zero attached hydrogens (tertiary/aromatic N) is 5. The Bertz CT molecular complexity index is 1450. The lowest BCUT2D eigenvalue weighted by molar-refractivity contribution is -0.118. The summed E-state index contributed by atoms with van der Waals surface area (Å²) in [5, 5.41) is 4.67. The van der Waals surface area contributed by atoms with Crippen molar-refractivity contribution in [2.45, 2.75) is 32.6 Å². The van der Waals surface area contributed by atoms with Crippen LogP contribution in [0, 0.1) is 5.41 Å². The van der Waals surface area contributed by atoms with Crippen molar-refractivity contribution in [2.75, 3.05) is 19.0 Å². The Balaban J connectivity index is 1.53. The zero-order valence-corrected chi connectivity index (χ0v) is 19.6. The Morgan fingerprint density at radius 1 is 1.12 bits per heavy atom. The van der Waals surface area contributed by atoms with Crippen LogP contribution in [0.5, 0.6) is 5.88 Å². The summed E-state index contributed by atoms with van der Waals surface area (Å²) in [6.45, 7) is 4.16. The van der Waals surface area contributed by atoms with Gasteiger partial charge in [0.1, 0.15) is 17.8 Å². The van der Waals surface area contributed by atoms with E-state index in [1.165, 1.54) is 0 Å². The van der Waals surface area contributed by atoms with Gasteiger partial charge < -0.3 is 14.1 Å². The van der Waals surface area contributed by atoms with E-state index in [1.54, 1.807) is 17.1 Å². The predicted octanol–water partition coefficient (Wildman–Crippen LogP) is 4.62. The van der Waals surface area contributed by atoms with Crippen molar-refractivity contribution in [1.82, 2.24) is 19.6 Å². The van der Waals surface area contributed by atoms with Crippen LogP contribution in [0.15, 0.2) is 64.7 Å². The summed E-state index contributed by atoms with van der Waals surface area (Å²) in [6.07, 6.45) is 4.35. The van der Waals surface area contributed by atoms with E-state index in [-0.39, 0.29) is 11.2 Å². The van der Waals surface area contributed by atoms with Gasteiger partial charge in [-0.3, -0.25) is 4.79 Å². The first kappa shape index (κ1) is 20.7. The molecule has 1 aliphatic carbocycles. The van der Waals surface area contributed by atoms with Gasteiger partial charge in [-0.15, -0.1) is 5.10 Å². The summed E-state index contributed by atoms with van der Waals surface area (Å²) >= 11 is 0. The number of ketones is 1. The number of anilines is 1. The van der Waals surface area contributed by atoms with Crippen LogP contribution < -0.4 is 9.64 Å². The fraction of sp³-hybridized carbons (Fsp3) is 0.308. The third-order valence-corrected chi connectivity index (χ3v) is 6.53. The van der Waals surface area contributed by atoms with Gasteiger partial charge in [-0.2, -0.15) is 0 Å². The standard InChI is InChI=1S/C26H25N5O3/c1-26(2)12-17(32)20-19(13-26)34-25-22(21(20)18-6-5-11-33-18)24-28-23(29-31(24)14-27-25)15-7-9-16(10-8-15)30(3)4/h5-11,14,21H,12-13H2,1-4H3/t21-/m1/s1. The highest BCUT2D eigenvalue weighted by atomic mass is 16.5. The topological polar surface area (TPSA) is 85.8 Å². The third-order valence-electron chi connectivity index (χ3n) is 6.53. The quantitative estimate of drug-likeness (QED) is 0.446. The summed E-state index contributed by atoms with van der Waals surface area (Å²) in [4.78, 5) is 24.8. The van der Waals surface area contributed by atoms with Gasteiger partial charge in [0.05, 0.1) is 17.7 Å². The molecule has 8 heteroatoms. The number of carbonyl (C=O) groups excluding carboxylic acids is 1. The molecule has 0 radical (unpaired) electrons. The number of Topliss-reactive ketones (excluding diaryl/α,β-unsaturated/α-hetero) is 1. The maximum Gasteiger partial charge on any atom is 0.228 e. The van der Waals surface area contributed by atoms with Crippen molar-refractivity contribution in [3.05, 3.63) is 71.6 Å². The molecule has 0 unspecified atom stereocenters. The van der Waals surface area contributed by atoms with Crippen molar-refractivity contribution in [3.8, 4) is 17.3 Å². The van der Waals surface area contributed by atoms with Crippen LogP contribution in [0.4, 0.5) is 5.69 Å². The van der Waals surface area contributed by atoms with Crippen molar-refractivity contribution >= 4 is 17.1 Å². The molecule has 0 saturated heterocycles. The lowest BCUT2D eigenvalue weighted by atomic mass is 9.71. The Morgan fingerprint density at radius 3 is 2.62 bits per heavy atom. The van der Waals surface area contributed by atoms with E-state index in [1.807, 2.05) is 55.4 Å². The molecule has 34 heavy (non-hydrogen) atoms. The third kappa shape index (κ3) is 3.21. The second-order valence-corrected chi connectivity index (χ2v) is 9.94. The van der Waals surface area contributed by atoms with Crippen LogP contribution in [0.25, 0.3) is 17.0 Å². The molecule has 1 aliphatic heterocycles. The minimum atomic E-state index is -0.443. The van der Waals surface area contributed by atoms with E-state index < -0.39 is 5.92 Å². The highest BCUT2D eigenvalue weighted by Crippen LogP contribution is 2.50. The van der Waals surface area contributed by atoms with Crippen LogP contribution in [0.1, 0.15) is 43.9 Å². The van der Waals surface area contributed by atoms with Crippen molar-refractivity contribution in [1.29, 1.82) is 0 Å². The minimum Gasteiger partial charge on any atom is -0.468 e. The molecule has 0 amide bonds. The number of furan rings is 1. The van der Waals surface area contributed by atoms with Crippen LogP contribution in [-0.4, -0.2) is 39.5 Å². The van der Waals surface area contributed by atoms with Crippen LogP contribution in [0.2, 0.25) is 0 Å². The van der Waals surface area contributed by atoms with E-state index >= 15 is 0 Å². The van der Waals surface area contributed by atoms with Gasteiger partial charge in [0.25, 0.3) is 0 Å². The van der Waals surface area contributed by atoms with E-state index in [9.17, 15) is 4.79 Å². The molecule has 0 saturated carbocycles. The molecular formula is C26H25N5O3. The first-order chi connectivity index (χ1) is 16.3. The monoisotopic (exact) mass is 455 g/mol. The normalized spacial score (nSPS) is 19.1. The Labute approximate surface area is 196 Å². The van der Waals surface area contributed by atoms with Crippen molar-refractivity contribution in [3.63, 3.8) is 0 Å². The Kier molecular flexibility index (Phi) is 4.42. The number of rotatable bonds is 3. The fourth-order valence-corrected chi connectivity index (χ4v) is 4.92. The number of allylic oxidation sites excluding steroid dienone is 2. The number of fused-ring (bicyclic) bond motifs is 3. The molecule has 2 aliphatic rings. The lowest BCUT2D eigenvalue weighted by Crippen LogP contribution is -2.33. The van der Waals surface area contributed by atoms with Crippen LogP contribution in [-0.2, 0) is 4.79 Å². The summed E-state index contributed by atoms with van der Waals surface area (Å²) < 4.78 is 13.7. The second-order valence-electron chi connectivity index (χ2n) is 9.94. The number of hydrogen-bond donors (Lipinski definition) is 0. The molecule has 0 fully saturated rings. The molecule has 4 heterocycles. The number of benzene rings is 1. The lowest BCUT2D eigenvalue weighted by Gasteiger charge is -2.36. The SMILES string of the molecule is CN(C)c1ccc(-c2nc3c4c(ncn3n2)OC2=C(C(=O)CC(C)(C)C2)[C@H]4c2ccco2)cc1. The zero-order chi connectivity index (χ0) is 23.6. The summed E-state index contributed by atoms with van der Waals surface area (Å²) in [7, 11) is 4.00. The first-order valence-corrected chi connectivity index (χ1v) is 11.3. The summed E-state index contributed by atoms with van der Waals surface area (Å²) in [5.74, 6) is 1.99. The number of hydrogen-bond acceptors (Lipinski definition) is 7. The van der Waals surface area contributed by atoms with Gasteiger partial charge in [0.2, 0.25) is 5.88 Å². The molecule has 6 rings (SSSR count). The number of carbonyl (C=O) groups is 1. The highest BCUT2D eigenvalue weighted by molar-refractivity contribution is 6.00. The highest BCUT2D eigenvalue weighted by Gasteiger charge is 2.45. The number of aromatic nitrogens is 4. The van der Waals surface area contributed by atoms with Crippen LogP contribution in [0.3, 0.4) is 0 Å². The molecule has 0 N–H and O–H groups in total. The molecule has 1 atom stereocenters. The van der Waals surface area contributed by atoms with Gasteiger partial charge in [-0.05, 0) is 41.8 Å². The summed E-state index contributed by atoms with van der Waals surface area (Å²) in [5.41, 5.74) is 3.75. The minimum absolute atomic E-state index is 0.0688. The molecular weight excluding hydrogens is 430 g/mol. The molecule has 172 valence electrons. The van der Waals surface area contributed by atoms with E-state index in [2.05, 4.69) is 23.9 Å². The molecule has 1 aromatic carbocycles.